The second kappa shape index (κ2) is 11.3. The van der Waals surface area contributed by atoms with E-state index in [0.717, 1.165) is 10.2 Å². The molecule has 2 heterocycles. The highest BCUT2D eigenvalue weighted by atomic mass is 35.6. The number of nitrogens with zero attached hydrogens (tertiary/aromatic N) is 4. The molecule has 14 heteroatoms. The van der Waals surface area contributed by atoms with E-state index < -0.39 is 21.0 Å². The second-order valence-corrected chi connectivity index (χ2v) is 11.7. The van der Waals surface area contributed by atoms with Gasteiger partial charge in [0.1, 0.15) is 0 Å². The van der Waals surface area contributed by atoms with E-state index in [1.54, 1.807) is 0 Å². The molecule has 0 unspecified atom stereocenters. The molecular weight excluding hydrogens is 597 g/mol. The van der Waals surface area contributed by atoms with Gasteiger partial charge in [0.25, 0.3) is 11.7 Å². The van der Waals surface area contributed by atoms with Crippen LogP contribution in [0.25, 0.3) is 5.69 Å². The normalized spacial score (nSPS) is 15.0. The molecule has 1 aliphatic rings. The summed E-state index contributed by atoms with van der Waals surface area (Å²) in [4.78, 5) is 31.9. The molecule has 1 N–H and O–H groups in total. The van der Waals surface area contributed by atoms with E-state index in [9.17, 15) is 9.59 Å². The molecule has 8 nitrogen and oxygen atoms in total. The molecule has 36 heavy (non-hydrogen) atoms. The van der Waals surface area contributed by atoms with E-state index in [-0.39, 0.29) is 22.4 Å². The Kier molecular flexibility index (Phi) is 9.04. The molecule has 1 aromatic heterocycles. The number of carboxylic acids is 1. The number of amides is 1. The van der Waals surface area contributed by atoms with Crippen LogP contribution in [0.15, 0.2) is 42.5 Å². The smallest absolute Gasteiger partial charge is 0.375 e. The fourth-order valence-corrected chi connectivity index (χ4v) is 4.05. The molecule has 0 saturated carbocycles. The van der Waals surface area contributed by atoms with Crippen LogP contribution < -0.4 is 0 Å². The number of benzene rings is 2. The maximum Gasteiger partial charge on any atom is 0.375 e. The van der Waals surface area contributed by atoms with Crippen LogP contribution in [0.3, 0.4) is 0 Å². The molecule has 0 atom stereocenters. The van der Waals surface area contributed by atoms with Crippen molar-refractivity contribution < 1.29 is 19.5 Å². The maximum atomic E-state index is 11.9. The van der Waals surface area contributed by atoms with Gasteiger partial charge in [0.05, 0.1) is 29.3 Å². The van der Waals surface area contributed by atoms with E-state index in [0.29, 0.717) is 23.2 Å². The lowest BCUT2D eigenvalue weighted by Gasteiger charge is -2.16. The average Bonchev–Trinajstić information content (AvgIpc) is 3.33. The van der Waals surface area contributed by atoms with Crippen molar-refractivity contribution in [3.63, 3.8) is 0 Å². The lowest BCUT2D eigenvalue weighted by atomic mass is 9.95. The summed E-state index contributed by atoms with van der Waals surface area (Å²) in [5.41, 5.74) is 0.758. The van der Waals surface area contributed by atoms with Crippen LogP contribution in [0.1, 0.15) is 35.9 Å². The third-order valence-corrected chi connectivity index (χ3v) is 6.26. The third-order valence-electron chi connectivity index (χ3n) is 4.85. The lowest BCUT2D eigenvalue weighted by Crippen LogP contribution is -2.30. The van der Waals surface area contributed by atoms with Crippen LogP contribution in [0, 0.1) is 5.41 Å². The van der Waals surface area contributed by atoms with Crippen LogP contribution in [0.2, 0.25) is 15.1 Å². The zero-order chi connectivity index (χ0) is 26.8. The Morgan fingerprint density at radius 3 is 2.31 bits per heavy atom. The number of rotatable bonds is 4. The van der Waals surface area contributed by atoms with Crippen molar-refractivity contribution in [1.82, 2.24) is 19.8 Å². The zero-order valence-electron chi connectivity index (χ0n) is 18.7. The molecule has 1 fully saturated rings. The highest BCUT2D eigenvalue weighted by Crippen LogP contribution is 2.39. The SMILES string of the molecule is CC1(C)CON(Cc2ccccc2Cl)C1=O.O=C(O)c1nc(C(Cl)(Cl)Cl)n(-c2ccc(Cl)cc2Cl)n1. The first-order chi connectivity index (χ1) is 16.7. The van der Waals surface area contributed by atoms with E-state index in [4.69, 9.17) is 79.5 Å². The molecule has 1 amide bonds. The van der Waals surface area contributed by atoms with Gasteiger partial charge in [-0.25, -0.2) is 19.5 Å². The number of aromatic nitrogens is 3. The number of alkyl halides is 3. The highest BCUT2D eigenvalue weighted by molar-refractivity contribution is 6.66. The van der Waals surface area contributed by atoms with Gasteiger partial charge in [-0.15, -0.1) is 5.10 Å². The molecule has 192 valence electrons. The van der Waals surface area contributed by atoms with Crippen molar-refractivity contribution in [2.24, 2.45) is 5.41 Å². The Morgan fingerprint density at radius 1 is 1.11 bits per heavy atom. The molecule has 2 aromatic carbocycles. The molecule has 0 radical (unpaired) electrons. The number of hydroxylamine groups is 2. The van der Waals surface area contributed by atoms with Crippen molar-refractivity contribution in [1.29, 1.82) is 0 Å². The van der Waals surface area contributed by atoms with Gasteiger partial charge in [-0.05, 0) is 43.7 Å². The van der Waals surface area contributed by atoms with Gasteiger partial charge >= 0.3 is 5.97 Å². The lowest BCUT2D eigenvalue weighted by molar-refractivity contribution is -0.165. The summed E-state index contributed by atoms with van der Waals surface area (Å²) in [7, 11) is 0. The van der Waals surface area contributed by atoms with E-state index in [2.05, 4.69) is 10.1 Å². The van der Waals surface area contributed by atoms with Crippen molar-refractivity contribution in [2.75, 3.05) is 6.61 Å². The molecule has 1 saturated heterocycles. The summed E-state index contributed by atoms with van der Waals surface area (Å²) < 4.78 is -0.918. The molecule has 1 aliphatic heterocycles. The van der Waals surface area contributed by atoms with Crippen molar-refractivity contribution >= 4 is 81.5 Å². The summed E-state index contributed by atoms with van der Waals surface area (Å²) in [6.07, 6.45) is 0. The number of hydrogen-bond donors (Lipinski definition) is 1. The Bertz CT molecular complexity index is 1290. The van der Waals surface area contributed by atoms with Crippen molar-refractivity contribution in [3.8, 4) is 5.69 Å². The summed E-state index contributed by atoms with van der Waals surface area (Å²) in [6.45, 7) is 4.59. The summed E-state index contributed by atoms with van der Waals surface area (Å²) in [5.74, 6) is -2.06. The molecule has 0 aliphatic carbocycles. The topological polar surface area (TPSA) is 97.5 Å². The number of hydrogen-bond acceptors (Lipinski definition) is 5. The van der Waals surface area contributed by atoms with Crippen molar-refractivity contribution in [2.45, 2.75) is 24.2 Å². The number of aromatic carboxylic acids is 1. The van der Waals surface area contributed by atoms with Gasteiger partial charge in [0.15, 0.2) is 5.82 Å². The van der Waals surface area contributed by atoms with Crippen LogP contribution in [0.5, 0.6) is 0 Å². The fourth-order valence-electron chi connectivity index (χ4n) is 3.00. The minimum absolute atomic E-state index is 0.00687. The Morgan fingerprint density at radius 2 is 1.78 bits per heavy atom. The van der Waals surface area contributed by atoms with Crippen LogP contribution in [-0.2, 0) is 20.0 Å². The fraction of sp³-hybridized carbons (Fsp3) is 0.273. The quantitative estimate of drug-likeness (QED) is 0.327. The van der Waals surface area contributed by atoms with Crippen molar-refractivity contribution in [3.05, 3.63) is 74.7 Å². The summed E-state index contributed by atoms with van der Waals surface area (Å²) in [6, 6.07) is 11.9. The van der Waals surface area contributed by atoms with Gasteiger partial charge in [-0.3, -0.25) is 9.63 Å². The summed E-state index contributed by atoms with van der Waals surface area (Å²) in [5, 5.41) is 15.3. The number of carboxylic acid groups (broad SMARTS) is 1. The van der Waals surface area contributed by atoms with Gasteiger partial charge in [-0.2, -0.15) is 0 Å². The predicted octanol–water partition coefficient (Wildman–Crippen LogP) is 6.74. The van der Waals surface area contributed by atoms with Gasteiger partial charge < -0.3 is 5.11 Å². The van der Waals surface area contributed by atoms with E-state index in [1.165, 1.54) is 23.3 Å². The Balaban J connectivity index is 0.000000205. The maximum absolute atomic E-state index is 11.9. The minimum Gasteiger partial charge on any atom is -0.475 e. The van der Waals surface area contributed by atoms with Crippen LogP contribution in [0.4, 0.5) is 0 Å². The first kappa shape index (κ1) is 28.8. The van der Waals surface area contributed by atoms with Crippen LogP contribution >= 0.6 is 69.6 Å². The minimum atomic E-state index is -1.97. The highest BCUT2D eigenvalue weighted by Gasteiger charge is 2.40. The predicted molar refractivity (Wildman–Crippen MR) is 139 cm³/mol. The van der Waals surface area contributed by atoms with Gasteiger partial charge in [0.2, 0.25) is 3.79 Å². The number of halogens is 6. The third kappa shape index (κ3) is 6.75. The van der Waals surface area contributed by atoms with Gasteiger partial charge in [-0.1, -0.05) is 87.8 Å². The largest absolute Gasteiger partial charge is 0.475 e. The average molecular weight is 615 g/mol. The first-order valence-corrected chi connectivity index (χ1v) is 12.4. The number of carbonyl (C=O) groups is 2. The van der Waals surface area contributed by atoms with Gasteiger partial charge in [0, 0.05) is 10.0 Å². The molecule has 0 spiro atoms. The monoisotopic (exact) mass is 612 g/mol. The number of carbonyl (C=O) groups excluding carboxylic acids is 1. The molecule has 3 aromatic rings. The standard InChI is InChI=1S/C12H14ClNO2.C10H4Cl5N3O2/c1-12(2)8-16-14(11(12)15)7-9-5-3-4-6-10(9)13;11-4-1-2-6(5(12)3-4)18-9(10(13,14)15)16-7(17-18)8(19)20/h3-6H,7-8H2,1-2H3;1-3H,(H,19,20). The Labute approximate surface area is 236 Å². The molecule has 0 bridgehead atoms. The van der Waals surface area contributed by atoms with Crippen LogP contribution in [-0.4, -0.2) is 43.4 Å². The van der Waals surface area contributed by atoms with E-state index in [1.807, 2.05) is 38.1 Å². The second-order valence-electron chi connectivity index (χ2n) is 8.16. The summed E-state index contributed by atoms with van der Waals surface area (Å²) >= 11 is 35.1. The molecule has 4 rings (SSSR count). The molecular formula is C22H18Cl6N4O4. The Hall–Kier alpha value is -1.78. The van der Waals surface area contributed by atoms with E-state index >= 15 is 0 Å². The zero-order valence-corrected chi connectivity index (χ0v) is 23.2. The first-order valence-electron chi connectivity index (χ1n) is 10.1.